The lowest BCUT2D eigenvalue weighted by molar-refractivity contribution is 0.156. The van der Waals surface area contributed by atoms with E-state index in [0.29, 0.717) is 6.04 Å². The Bertz CT molecular complexity index is 290. The van der Waals surface area contributed by atoms with Gasteiger partial charge in [0.05, 0.1) is 0 Å². The lowest BCUT2D eigenvalue weighted by atomic mass is 9.76. The van der Waals surface area contributed by atoms with Crippen LogP contribution in [0, 0.1) is 11.8 Å². The third-order valence-corrected chi connectivity index (χ3v) is 5.92. The Balaban J connectivity index is 1.81. The van der Waals surface area contributed by atoms with Crippen LogP contribution in [0.4, 0.5) is 0 Å². The highest BCUT2D eigenvalue weighted by molar-refractivity contribution is 4.88. The number of nitrogens with two attached hydrogens (primary N) is 1. The lowest BCUT2D eigenvalue weighted by Crippen LogP contribution is -2.44. The number of rotatable bonds is 7. The minimum atomic E-state index is 0.450. The largest absolute Gasteiger partial charge is 0.327 e. The molecule has 2 rings (SSSR count). The predicted molar refractivity (Wildman–Crippen MR) is 91.5 cm³/mol. The summed E-state index contributed by atoms with van der Waals surface area (Å²) in [5.74, 6) is 1.69. The zero-order chi connectivity index (χ0) is 15.2. The smallest absolute Gasteiger partial charge is 0.0235 e. The standard InChI is InChI=1S/C18H37N3/c1-4-7-15-8-9-18(19)16(12-15)13-20-11-10-17(14-20)21(5-2)6-3/h15-18H,4-14,19H2,1-3H3. The molecule has 0 spiro atoms. The van der Waals surface area contributed by atoms with Crippen LogP contribution in [0.3, 0.4) is 0 Å². The highest BCUT2D eigenvalue weighted by Crippen LogP contribution is 2.32. The Labute approximate surface area is 132 Å². The van der Waals surface area contributed by atoms with Gasteiger partial charge in [-0.2, -0.15) is 0 Å². The molecule has 4 atom stereocenters. The van der Waals surface area contributed by atoms with Crippen molar-refractivity contribution in [1.82, 2.24) is 9.80 Å². The van der Waals surface area contributed by atoms with Crippen LogP contribution in [0.15, 0.2) is 0 Å². The van der Waals surface area contributed by atoms with Gasteiger partial charge in [0.25, 0.3) is 0 Å². The van der Waals surface area contributed by atoms with Crippen LogP contribution < -0.4 is 5.73 Å². The van der Waals surface area contributed by atoms with Crippen molar-refractivity contribution < 1.29 is 0 Å². The van der Waals surface area contributed by atoms with Crippen LogP contribution in [0.1, 0.15) is 59.3 Å². The zero-order valence-electron chi connectivity index (χ0n) is 14.6. The van der Waals surface area contributed by atoms with Gasteiger partial charge >= 0.3 is 0 Å². The van der Waals surface area contributed by atoms with Crippen molar-refractivity contribution in [2.45, 2.75) is 71.4 Å². The predicted octanol–water partition coefficient (Wildman–Crippen LogP) is 2.95. The quantitative estimate of drug-likeness (QED) is 0.784. The van der Waals surface area contributed by atoms with E-state index in [0.717, 1.165) is 17.9 Å². The number of hydrogen-bond donors (Lipinski definition) is 1. The molecule has 1 heterocycles. The van der Waals surface area contributed by atoms with Gasteiger partial charge in [0.15, 0.2) is 0 Å². The van der Waals surface area contributed by atoms with Crippen LogP contribution in [0.5, 0.6) is 0 Å². The first kappa shape index (κ1) is 17.2. The molecule has 0 aromatic carbocycles. The van der Waals surface area contributed by atoms with Crippen LogP contribution in [-0.2, 0) is 0 Å². The summed E-state index contributed by atoms with van der Waals surface area (Å²) in [5, 5.41) is 0. The molecule has 1 aliphatic heterocycles. The summed E-state index contributed by atoms with van der Waals surface area (Å²) in [6, 6.07) is 1.23. The van der Waals surface area contributed by atoms with Crippen molar-refractivity contribution in [3.63, 3.8) is 0 Å². The Morgan fingerprint density at radius 1 is 1.10 bits per heavy atom. The van der Waals surface area contributed by atoms with E-state index in [2.05, 4.69) is 30.6 Å². The summed E-state index contributed by atoms with van der Waals surface area (Å²) in [6.45, 7) is 13.1. The first-order valence-corrected chi connectivity index (χ1v) is 9.39. The molecule has 3 nitrogen and oxygen atoms in total. The molecule has 0 aromatic rings. The molecular weight excluding hydrogens is 258 g/mol. The van der Waals surface area contributed by atoms with Gasteiger partial charge in [0.1, 0.15) is 0 Å². The van der Waals surface area contributed by atoms with E-state index in [1.54, 1.807) is 0 Å². The maximum Gasteiger partial charge on any atom is 0.0235 e. The van der Waals surface area contributed by atoms with E-state index >= 15 is 0 Å². The van der Waals surface area contributed by atoms with Crippen molar-refractivity contribution in [1.29, 1.82) is 0 Å². The van der Waals surface area contributed by atoms with Crippen LogP contribution >= 0.6 is 0 Å². The van der Waals surface area contributed by atoms with Crippen molar-refractivity contribution in [3.8, 4) is 0 Å². The van der Waals surface area contributed by atoms with Gasteiger partial charge in [0, 0.05) is 25.2 Å². The summed E-state index contributed by atoms with van der Waals surface area (Å²) in [7, 11) is 0. The second kappa shape index (κ2) is 8.50. The summed E-state index contributed by atoms with van der Waals surface area (Å²) in [5.41, 5.74) is 6.43. The van der Waals surface area contributed by atoms with E-state index in [4.69, 9.17) is 5.73 Å². The van der Waals surface area contributed by atoms with Crippen LogP contribution in [0.25, 0.3) is 0 Å². The number of likely N-dealkylation sites (N-methyl/N-ethyl adjacent to an activating group) is 1. The summed E-state index contributed by atoms with van der Waals surface area (Å²) in [4.78, 5) is 5.32. The fourth-order valence-electron chi connectivity index (χ4n) is 4.61. The number of hydrogen-bond acceptors (Lipinski definition) is 3. The first-order valence-electron chi connectivity index (χ1n) is 9.39. The van der Waals surface area contributed by atoms with Crippen molar-refractivity contribution in [3.05, 3.63) is 0 Å². The minimum absolute atomic E-state index is 0.450. The lowest BCUT2D eigenvalue weighted by Gasteiger charge is -2.36. The van der Waals surface area contributed by atoms with Crippen molar-refractivity contribution in [2.75, 3.05) is 32.7 Å². The van der Waals surface area contributed by atoms with Gasteiger partial charge < -0.3 is 10.6 Å². The fraction of sp³-hybridized carbons (Fsp3) is 1.00. The summed E-state index contributed by atoms with van der Waals surface area (Å²) >= 11 is 0. The molecular formula is C18H37N3. The molecule has 0 aromatic heterocycles. The van der Waals surface area contributed by atoms with Crippen molar-refractivity contribution >= 4 is 0 Å². The summed E-state index contributed by atoms with van der Waals surface area (Å²) in [6.07, 6.45) is 8.09. The van der Waals surface area contributed by atoms with Gasteiger partial charge in [-0.3, -0.25) is 4.90 Å². The molecule has 0 radical (unpaired) electrons. The normalized spacial score (nSPS) is 34.7. The van der Waals surface area contributed by atoms with Gasteiger partial charge in [0.2, 0.25) is 0 Å². The minimum Gasteiger partial charge on any atom is -0.327 e. The average Bonchev–Trinajstić information content (AvgIpc) is 2.93. The van der Waals surface area contributed by atoms with Gasteiger partial charge in [-0.1, -0.05) is 33.6 Å². The van der Waals surface area contributed by atoms with E-state index in [9.17, 15) is 0 Å². The highest BCUT2D eigenvalue weighted by atomic mass is 15.2. The van der Waals surface area contributed by atoms with Crippen molar-refractivity contribution in [2.24, 2.45) is 17.6 Å². The van der Waals surface area contributed by atoms with Crippen LogP contribution in [-0.4, -0.2) is 54.6 Å². The Morgan fingerprint density at radius 3 is 2.52 bits per heavy atom. The van der Waals surface area contributed by atoms with Crippen LogP contribution in [0.2, 0.25) is 0 Å². The molecule has 2 aliphatic rings. The SMILES string of the molecule is CCCC1CCC(N)C(CN2CCC(N(CC)CC)C2)C1. The molecule has 1 aliphatic carbocycles. The number of nitrogens with zero attached hydrogens (tertiary/aromatic N) is 2. The van der Waals surface area contributed by atoms with E-state index in [1.165, 1.54) is 71.2 Å². The van der Waals surface area contributed by atoms with Gasteiger partial charge in [-0.15, -0.1) is 0 Å². The molecule has 0 bridgehead atoms. The summed E-state index contributed by atoms with van der Waals surface area (Å²) < 4.78 is 0. The van der Waals surface area contributed by atoms with Gasteiger partial charge in [-0.25, -0.2) is 0 Å². The van der Waals surface area contributed by atoms with E-state index in [1.807, 2.05) is 0 Å². The molecule has 1 saturated carbocycles. The molecule has 0 amide bonds. The number of likely N-dealkylation sites (tertiary alicyclic amines) is 1. The maximum absolute atomic E-state index is 6.43. The second-order valence-electron chi connectivity index (χ2n) is 7.31. The Hall–Kier alpha value is -0.120. The third-order valence-electron chi connectivity index (χ3n) is 5.92. The van der Waals surface area contributed by atoms with Gasteiger partial charge in [-0.05, 0) is 57.2 Å². The zero-order valence-corrected chi connectivity index (χ0v) is 14.6. The average molecular weight is 296 g/mol. The molecule has 4 unspecified atom stereocenters. The molecule has 124 valence electrons. The molecule has 21 heavy (non-hydrogen) atoms. The Morgan fingerprint density at radius 2 is 1.86 bits per heavy atom. The maximum atomic E-state index is 6.43. The first-order chi connectivity index (χ1) is 10.2. The highest BCUT2D eigenvalue weighted by Gasteiger charge is 2.32. The molecule has 1 saturated heterocycles. The monoisotopic (exact) mass is 295 g/mol. The molecule has 2 N–H and O–H groups in total. The second-order valence-corrected chi connectivity index (χ2v) is 7.31. The third kappa shape index (κ3) is 4.67. The Kier molecular flexibility index (Phi) is 6.97. The fourth-order valence-corrected chi connectivity index (χ4v) is 4.61. The molecule has 3 heteroatoms. The topological polar surface area (TPSA) is 32.5 Å². The molecule has 2 fully saturated rings. The van der Waals surface area contributed by atoms with E-state index < -0.39 is 0 Å². The van der Waals surface area contributed by atoms with E-state index in [-0.39, 0.29) is 0 Å².